The Labute approximate surface area is 66.4 Å². The van der Waals surface area contributed by atoms with Crippen LogP contribution in [0.4, 0.5) is 0 Å². The molecule has 0 spiro atoms. The van der Waals surface area contributed by atoms with Crippen molar-refractivity contribution in [3.63, 3.8) is 0 Å². The molecular weight excluding hydrogens is 140 g/mol. The lowest BCUT2D eigenvalue weighted by Crippen LogP contribution is -2.23. The maximum atomic E-state index is 5.61. The Kier molecular flexibility index (Phi) is 2.24. The van der Waals surface area contributed by atoms with Gasteiger partial charge in [0.1, 0.15) is 11.6 Å². The van der Waals surface area contributed by atoms with Crippen molar-refractivity contribution >= 4 is 0 Å². The van der Waals surface area contributed by atoms with Gasteiger partial charge in [0.15, 0.2) is 0 Å². The van der Waals surface area contributed by atoms with Crippen LogP contribution in [-0.2, 0) is 6.54 Å². The highest BCUT2D eigenvalue weighted by Crippen LogP contribution is 1.96. The van der Waals surface area contributed by atoms with E-state index in [2.05, 4.69) is 10.1 Å². The lowest BCUT2D eigenvalue weighted by atomic mass is 10.4. The van der Waals surface area contributed by atoms with Crippen molar-refractivity contribution in [3.05, 3.63) is 11.6 Å². The van der Waals surface area contributed by atoms with Gasteiger partial charge in [-0.05, 0) is 20.8 Å². The Morgan fingerprint density at radius 2 is 2.18 bits per heavy atom. The fourth-order valence-corrected chi connectivity index (χ4v) is 1.01. The second-order valence-corrected chi connectivity index (χ2v) is 2.87. The van der Waals surface area contributed by atoms with Crippen molar-refractivity contribution in [2.45, 2.75) is 33.4 Å². The Balaban J connectivity index is 2.77. The van der Waals surface area contributed by atoms with E-state index in [9.17, 15) is 0 Å². The van der Waals surface area contributed by atoms with Crippen LogP contribution in [0.1, 0.15) is 18.6 Å². The molecule has 0 radical (unpaired) electrons. The quantitative estimate of drug-likeness (QED) is 0.664. The van der Waals surface area contributed by atoms with Crippen LogP contribution in [0.2, 0.25) is 0 Å². The number of hydrogen-bond acceptors (Lipinski definition) is 3. The molecule has 0 aliphatic heterocycles. The topological polar surface area (TPSA) is 56.7 Å². The van der Waals surface area contributed by atoms with Gasteiger partial charge in [-0.3, -0.25) is 0 Å². The SMILES string of the molecule is Cc1nc(C)n(C[C@@H](C)N)n1. The van der Waals surface area contributed by atoms with Crippen molar-refractivity contribution in [1.82, 2.24) is 14.8 Å². The predicted octanol–water partition coefficient (Wildman–Crippen LogP) is 0.242. The molecule has 0 aromatic carbocycles. The number of nitrogens with two attached hydrogens (primary N) is 1. The third kappa shape index (κ3) is 2.01. The van der Waals surface area contributed by atoms with Gasteiger partial charge < -0.3 is 5.73 Å². The van der Waals surface area contributed by atoms with Gasteiger partial charge in [0, 0.05) is 6.04 Å². The minimum absolute atomic E-state index is 0.134. The van der Waals surface area contributed by atoms with E-state index in [0.29, 0.717) is 0 Å². The fraction of sp³-hybridized carbons (Fsp3) is 0.714. The summed E-state index contributed by atoms with van der Waals surface area (Å²) in [6.45, 7) is 6.51. The van der Waals surface area contributed by atoms with E-state index in [1.165, 1.54) is 0 Å². The van der Waals surface area contributed by atoms with Gasteiger partial charge in [-0.1, -0.05) is 0 Å². The number of aryl methyl sites for hydroxylation is 2. The zero-order valence-corrected chi connectivity index (χ0v) is 7.20. The highest BCUT2D eigenvalue weighted by Gasteiger charge is 2.03. The molecule has 1 aromatic rings. The van der Waals surface area contributed by atoms with Crippen molar-refractivity contribution in [2.24, 2.45) is 5.73 Å². The first-order valence-corrected chi connectivity index (χ1v) is 3.73. The van der Waals surface area contributed by atoms with E-state index in [0.717, 1.165) is 18.2 Å². The van der Waals surface area contributed by atoms with Crippen LogP contribution in [0.3, 0.4) is 0 Å². The molecule has 2 N–H and O–H groups in total. The molecule has 1 heterocycles. The van der Waals surface area contributed by atoms with Gasteiger partial charge in [-0.15, -0.1) is 0 Å². The molecule has 0 aliphatic carbocycles. The van der Waals surface area contributed by atoms with Crippen molar-refractivity contribution in [2.75, 3.05) is 0 Å². The minimum Gasteiger partial charge on any atom is -0.326 e. The number of rotatable bonds is 2. The fourth-order valence-electron chi connectivity index (χ4n) is 1.01. The second-order valence-electron chi connectivity index (χ2n) is 2.87. The lowest BCUT2D eigenvalue weighted by molar-refractivity contribution is 0.523. The Morgan fingerprint density at radius 1 is 1.55 bits per heavy atom. The van der Waals surface area contributed by atoms with Crippen LogP contribution in [0, 0.1) is 13.8 Å². The van der Waals surface area contributed by atoms with E-state index in [1.807, 2.05) is 25.5 Å². The van der Waals surface area contributed by atoms with Gasteiger partial charge >= 0.3 is 0 Å². The summed E-state index contributed by atoms with van der Waals surface area (Å²) in [5, 5.41) is 4.18. The average molecular weight is 154 g/mol. The Morgan fingerprint density at radius 3 is 2.55 bits per heavy atom. The zero-order chi connectivity index (χ0) is 8.43. The summed E-state index contributed by atoms with van der Waals surface area (Å²) in [6.07, 6.45) is 0. The molecular formula is C7H14N4. The van der Waals surface area contributed by atoms with Crippen LogP contribution in [-0.4, -0.2) is 20.8 Å². The number of hydrogen-bond donors (Lipinski definition) is 1. The summed E-state index contributed by atoms with van der Waals surface area (Å²) in [6, 6.07) is 0.134. The largest absolute Gasteiger partial charge is 0.326 e. The first-order valence-electron chi connectivity index (χ1n) is 3.73. The molecule has 4 nitrogen and oxygen atoms in total. The van der Waals surface area contributed by atoms with Crippen LogP contribution in [0.15, 0.2) is 0 Å². The first kappa shape index (κ1) is 8.20. The maximum absolute atomic E-state index is 5.61. The standard InChI is InChI=1S/C7H14N4/c1-5(8)4-11-7(3)9-6(2)10-11/h5H,4,8H2,1-3H3/t5-/m1/s1. The molecule has 1 atom stereocenters. The number of aromatic nitrogens is 3. The Hall–Kier alpha value is -0.900. The molecule has 0 amide bonds. The summed E-state index contributed by atoms with van der Waals surface area (Å²) in [4.78, 5) is 4.16. The van der Waals surface area contributed by atoms with Crippen molar-refractivity contribution in [1.29, 1.82) is 0 Å². The molecule has 0 aliphatic rings. The van der Waals surface area contributed by atoms with Crippen molar-refractivity contribution < 1.29 is 0 Å². The summed E-state index contributed by atoms with van der Waals surface area (Å²) < 4.78 is 1.83. The molecule has 0 fully saturated rings. The molecule has 4 heteroatoms. The van der Waals surface area contributed by atoms with Gasteiger partial charge in [-0.2, -0.15) is 5.10 Å². The molecule has 0 saturated carbocycles. The van der Waals surface area contributed by atoms with E-state index >= 15 is 0 Å². The third-order valence-electron chi connectivity index (χ3n) is 1.42. The highest BCUT2D eigenvalue weighted by atomic mass is 15.3. The van der Waals surface area contributed by atoms with Crippen LogP contribution >= 0.6 is 0 Å². The monoisotopic (exact) mass is 154 g/mol. The van der Waals surface area contributed by atoms with Gasteiger partial charge in [0.2, 0.25) is 0 Å². The summed E-state index contributed by atoms with van der Waals surface area (Å²) in [7, 11) is 0. The molecule has 0 unspecified atom stereocenters. The minimum atomic E-state index is 0.134. The first-order chi connectivity index (χ1) is 5.09. The van der Waals surface area contributed by atoms with Crippen LogP contribution < -0.4 is 5.73 Å². The summed E-state index contributed by atoms with van der Waals surface area (Å²) >= 11 is 0. The third-order valence-corrected chi connectivity index (χ3v) is 1.42. The maximum Gasteiger partial charge on any atom is 0.147 e. The van der Waals surface area contributed by atoms with E-state index < -0.39 is 0 Å². The molecule has 11 heavy (non-hydrogen) atoms. The van der Waals surface area contributed by atoms with Crippen LogP contribution in [0.25, 0.3) is 0 Å². The molecule has 62 valence electrons. The van der Waals surface area contributed by atoms with Crippen LogP contribution in [0.5, 0.6) is 0 Å². The van der Waals surface area contributed by atoms with E-state index in [1.54, 1.807) is 0 Å². The predicted molar refractivity (Wildman–Crippen MR) is 43.1 cm³/mol. The van der Waals surface area contributed by atoms with E-state index in [4.69, 9.17) is 5.73 Å². The van der Waals surface area contributed by atoms with E-state index in [-0.39, 0.29) is 6.04 Å². The van der Waals surface area contributed by atoms with Crippen molar-refractivity contribution in [3.8, 4) is 0 Å². The normalized spacial score (nSPS) is 13.5. The van der Waals surface area contributed by atoms with Gasteiger partial charge in [-0.25, -0.2) is 9.67 Å². The smallest absolute Gasteiger partial charge is 0.147 e. The summed E-state index contributed by atoms with van der Waals surface area (Å²) in [5.74, 6) is 1.74. The average Bonchev–Trinajstić information content (AvgIpc) is 2.09. The lowest BCUT2D eigenvalue weighted by Gasteiger charge is -2.04. The summed E-state index contributed by atoms with van der Waals surface area (Å²) in [5.41, 5.74) is 5.61. The molecule has 1 rings (SSSR count). The van der Waals surface area contributed by atoms with Gasteiger partial charge in [0.05, 0.1) is 6.54 Å². The molecule has 0 saturated heterocycles. The molecule has 1 aromatic heterocycles. The highest BCUT2D eigenvalue weighted by molar-refractivity contribution is 4.87. The molecule has 0 bridgehead atoms. The Bertz CT molecular complexity index is 239. The second kappa shape index (κ2) is 3.00. The number of nitrogens with zero attached hydrogens (tertiary/aromatic N) is 3. The zero-order valence-electron chi connectivity index (χ0n) is 7.20. The van der Waals surface area contributed by atoms with Gasteiger partial charge in [0.25, 0.3) is 0 Å².